The van der Waals surface area contributed by atoms with Crippen molar-refractivity contribution in [1.82, 2.24) is 0 Å². The molecule has 0 aliphatic rings. The van der Waals surface area contributed by atoms with E-state index in [2.05, 4.69) is 18.7 Å². The Morgan fingerprint density at radius 2 is 1.52 bits per heavy atom. The first-order valence-electron chi connectivity index (χ1n) is 8.21. The minimum Gasteiger partial charge on any atom is -0.402 e. The molecule has 0 saturated carbocycles. The predicted molar refractivity (Wildman–Crippen MR) is 106 cm³/mol. The zero-order chi connectivity index (χ0) is 18.4. The van der Waals surface area contributed by atoms with Gasteiger partial charge in [-0.25, -0.2) is 0 Å². The van der Waals surface area contributed by atoms with Gasteiger partial charge < -0.3 is 11.5 Å². The summed E-state index contributed by atoms with van der Waals surface area (Å²) in [6, 6.07) is 18.3. The average molecular weight is 331 g/mol. The van der Waals surface area contributed by atoms with Crippen molar-refractivity contribution in [3.05, 3.63) is 106 Å². The summed E-state index contributed by atoms with van der Waals surface area (Å²) in [4.78, 5) is 0. The topological polar surface area (TPSA) is 75.9 Å². The van der Waals surface area contributed by atoms with E-state index in [1.54, 1.807) is 13.0 Å². The number of hydrogen-bond donors (Lipinski definition) is 3. The Kier molecular flexibility index (Phi) is 5.96. The van der Waals surface area contributed by atoms with Gasteiger partial charge in [0, 0.05) is 22.5 Å². The van der Waals surface area contributed by atoms with Gasteiger partial charge in [0.1, 0.15) is 0 Å². The van der Waals surface area contributed by atoms with Crippen LogP contribution in [0.25, 0.3) is 0 Å². The van der Waals surface area contributed by atoms with Crippen LogP contribution in [-0.2, 0) is 6.42 Å². The lowest BCUT2D eigenvalue weighted by molar-refractivity contribution is 1.18. The molecule has 3 nitrogen and oxygen atoms in total. The van der Waals surface area contributed by atoms with Crippen LogP contribution < -0.4 is 11.5 Å². The summed E-state index contributed by atoms with van der Waals surface area (Å²) in [6.45, 7) is 7.36. The van der Waals surface area contributed by atoms with Crippen LogP contribution >= 0.6 is 0 Å². The first kappa shape index (κ1) is 18.3. The van der Waals surface area contributed by atoms with Gasteiger partial charge in [-0.3, -0.25) is 5.41 Å². The average Bonchev–Trinajstić information content (AvgIpc) is 2.62. The molecule has 0 bridgehead atoms. The second-order valence-electron chi connectivity index (χ2n) is 6.09. The number of benzene rings is 2. The summed E-state index contributed by atoms with van der Waals surface area (Å²) < 4.78 is 0. The van der Waals surface area contributed by atoms with E-state index in [0.29, 0.717) is 22.7 Å². The highest BCUT2D eigenvalue weighted by Crippen LogP contribution is 2.19. The van der Waals surface area contributed by atoms with E-state index in [1.165, 1.54) is 11.1 Å². The molecule has 0 fully saturated rings. The molecule has 0 aromatic heterocycles. The van der Waals surface area contributed by atoms with E-state index in [9.17, 15) is 0 Å². The molecule has 0 heterocycles. The Labute approximate surface area is 149 Å². The highest BCUT2D eigenvalue weighted by molar-refractivity contribution is 6.13. The van der Waals surface area contributed by atoms with Crippen LogP contribution in [0.15, 0.2) is 89.8 Å². The van der Waals surface area contributed by atoms with Crippen molar-refractivity contribution < 1.29 is 0 Å². The van der Waals surface area contributed by atoms with Crippen LogP contribution in [0.4, 0.5) is 0 Å². The Hall–Kier alpha value is -3.07. The summed E-state index contributed by atoms with van der Waals surface area (Å²) in [5.74, 6) is 0. The number of hydrogen-bond acceptors (Lipinski definition) is 3. The zero-order valence-corrected chi connectivity index (χ0v) is 14.8. The number of rotatable bonds is 6. The van der Waals surface area contributed by atoms with Crippen molar-refractivity contribution in [1.29, 1.82) is 5.41 Å². The van der Waals surface area contributed by atoms with Gasteiger partial charge in [-0.05, 0) is 37.0 Å². The fourth-order valence-corrected chi connectivity index (χ4v) is 2.62. The van der Waals surface area contributed by atoms with E-state index in [0.717, 1.165) is 17.6 Å². The molecule has 0 radical (unpaired) electrons. The molecule has 5 N–H and O–H groups in total. The van der Waals surface area contributed by atoms with Crippen LogP contribution in [0.3, 0.4) is 0 Å². The molecule has 2 rings (SSSR count). The van der Waals surface area contributed by atoms with E-state index in [1.807, 2.05) is 49.4 Å². The lowest BCUT2D eigenvalue weighted by Crippen LogP contribution is -2.17. The van der Waals surface area contributed by atoms with Gasteiger partial charge in [-0.2, -0.15) is 0 Å². The molecule has 25 heavy (non-hydrogen) atoms. The van der Waals surface area contributed by atoms with Crippen molar-refractivity contribution in [2.75, 3.05) is 0 Å². The minimum atomic E-state index is 0.324. The second-order valence-corrected chi connectivity index (χ2v) is 6.09. The summed E-state index contributed by atoms with van der Waals surface area (Å²) in [7, 11) is 0. The third-order valence-electron chi connectivity index (χ3n) is 4.14. The molecule has 0 aliphatic carbocycles. The predicted octanol–water partition coefficient (Wildman–Crippen LogP) is 4.30. The molecule has 2 aromatic carbocycles. The fourth-order valence-electron chi connectivity index (χ4n) is 2.62. The first-order valence-corrected chi connectivity index (χ1v) is 8.21. The summed E-state index contributed by atoms with van der Waals surface area (Å²) >= 11 is 0. The van der Waals surface area contributed by atoms with Gasteiger partial charge in [0.05, 0.1) is 5.71 Å². The van der Waals surface area contributed by atoms with Crippen LogP contribution in [0.2, 0.25) is 0 Å². The number of nitrogens with two attached hydrogens (primary N) is 2. The zero-order valence-electron chi connectivity index (χ0n) is 14.8. The molecule has 0 amide bonds. The third-order valence-corrected chi connectivity index (χ3v) is 4.14. The molecular weight excluding hydrogens is 306 g/mol. The monoisotopic (exact) mass is 331 g/mol. The molecule has 0 atom stereocenters. The van der Waals surface area contributed by atoms with Crippen LogP contribution in [0.5, 0.6) is 0 Å². The van der Waals surface area contributed by atoms with Gasteiger partial charge in [0.15, 0.2) is 0 Å². The third kappa shape index (κ3) is 4.48. The van der Waals surface area contributed by atoms with E-state index in [-0.39, 0.29) is 0 Å². The van der Waals surface area contributed by atoms with Gasteiger partial charge in [-0.15, -0.1) is 0 Å². The normalized spacial score (nSPS) is 12.9. The smallest absolute Gasteiger partial charge is 0.0722 e. The molecule has 0 aliphatic heterocycles. The maximum absolute atomic E-state index is 8.52. The van der Waals surface area contributed by atoms with Crippen molar-refractivity contribution in [3.8, 4) is 0 Å². The molecule has 0 spiro atoms. The Morgan fingerprint density at radius 3 is 2.04 bits per heavy atom. The molecule has 3 heteroatoms. The summed E-state index contributed by atoms with van der Waals surface area (Å²) in [6.07, 6.45) is 2.54. The van der Waals surface area contributed by atoms with E-state index >= 15 is 0 Å². The maximum atomic E-state index is 8.52. The van der Waals surface area contributed by atoms with E-state index < -0.39 is 0 Å². The van der Waals surface area contributed by atoms with E-state index in [4.69, 9.17) is 16.9 Å². The van der Waals surface area contributed by atoms with Gasteiger partial charge in [0.25, 0.3) is 0 Å². The molecule has 0 unspecified atom stereocenters. The largest absolute Gasteiger partial charge is 0.402 e. The van der Waals surface area contributed by atoms with Gasteiger partial charge in [0.2, 0.25) is 0 Å². The van der Waals surface area contributed by atoms with Crippen molar-refractivity contribution >= 4 is 5.71 Å². The molecule has 0 saturated heterocycles. The lowest BCUT2D eigenvalue weighted by Gasteiger charge is -2.14. The molecule has 2 aromatic rings. The maximum Gasteiger partial charge on any atom is 0.0722 e. The quantitative estimate of drug-likeness (QED) is 0.545. The van der Waals surface area contributed by atoms with Crippen molar-refractivity contribution in [3.63, 3.8) is 0 Å². The molecule has 128 valence electrons. The van der Waals surface area contributed by atoms with Crippen molar-refractivity contribution in [2.24, 2.45) is 11.5 Å². The van der Waals surface area contributed by atoms with Crippen LogP contribution in [-0.4, -0.2) is 5.71 Å². The Morgan fingerprint density at radius 1 is 0.960 bits per heavy atom. The Balaban J connectivity index is 2.27. The lowest BCUT2D eigenvalue weighted by atomic mass is 9.94. The number of nitrogens with one attached hydrogen (secondary N) is 1. The Bertz CT molecular complexity index is 821. The summed E-state index contributed by atoms with van der Waals surface area (Å²) in [5, 5.41) is 8.52. The SMILES string of the molecule is C=C/C(C)=C(N)\C(C(=N)c1ccc(Cc2ccccc2)cc1)=C(/C)N. The van der Waals surface area contributed by atoms with Gasteiger partial charge in [-0.1, -0.05) is 67.3 Å². The van der Waals surface area contributed by atoms with Crippen LogP contribution in [0.1, 0.15) is 30.5 Å². The highest BCUT2D eigenvalue weighted by Gasteiger charge is 2.14. The van der Waals surface area contributed by atoms with Crippen LogP contribution in [0, 0.1) is 5.41 Å². The minimum absolute atomic E-state index is 0.324. The second kappa shape index (κ2) is 8.15. The van der Waals surface area contributed by atoms with Crippen molar-refractivity contribution in [2.45, 2.75) is 20.3 Å². The summed E-state index contributed by atoms with van der Waals surface area (Å²) in [5.41, 5.74) is 18.1. The number of allylic oxidation sites excluding steroid dienone is 4. The fraction of sp³-hybridized carbons (Fsp3) is 0.136. The standard InChI is InChI=1S/C22H25N3/c1-4-15(2)21(24)20(16(3)23)22(25)19-12-10-18(11-13-19)14-17-8-6-5-7-9-17/h4-13,25H,1,14,23-24H2,2-3H3/b20-16-,21-15+,25-22?. The first-order chi connectivity index (χ1) is 11.9. The molecular formula is C22H25N3. The highest BCUT2D eigenvalue weighted by atomic mass is 14.7. The van der Waals surface area contributed by atoms with Gasteiger partial charge >= 0.3 is 0 Å².